The average molecular weight is 346 g/mol. The van der Waals surface area contributed by atoms with Crippen molar-refractivity contribution in [1.29, 1.82) is 0 Å². The first kappa shape index (κ1) is 19.8. The van der Waals surface area contributed by atoms with Gasteiger partial charge in [-0.25, -0.2) is 9.59 Å². The molecule has 0 spiro atoms. The van der Waals surface area contributed by atoms with E-state index in [-0.39, 0.29) is 25.3 Å². The number of nitrogens with zero attached hydrogens (tertiary/aromatic N) is 1. The van der Waals surface area contributed by atoms with E-state index in [4.69, 9.17) is 0 Å². The fraction of sp³-hybridized carbons (Fsp3) is 0.211. The molecule has 0 aromatic heterocycles. The summed E-state index contributed by atoms with van der Waals surface area (Å²) in [7, 11) is 0. The summed E-state index contributed by atoms with van der Waals surface area (Å²) in [5.74, 6) is -2.11. The van der Waals surface area contributed by atoms with Gasteiger partial charge in [-0.05, 0) is 18.1 Å². The van der Waals surface area contributed by atoms with Crippen LogP contribution in [-0.4, -0.2) is 52.3 Å². The second-order valence-electron chi connectivity index (χ2n) is 6.06. The van der Waals surface area contributed by atoms with Crippen LogP contribution in [0.4, 0.5) is 4.79 Å². The summed E-state index contributed by atoms with van der Waals surface area (Å²) in [6.45, 7) is 1.70. The van der Waals surface area contributed by atoms with Crippen LogP contribution in [0.15, 0.2) is 60.7 Å². The number of imide groups is 1. The predicted octanol–water partition coefficient (Wildman–Crippen LogP) is 1.72. The van der Waals surface area contributed by atoms with Gasteiger partial charge in [0.2, 0.25) is 5.54 Å². The van der Waals surface area contributed by atoms with E-state index in [2.05, 4.69) is 5.32 Å². The Bertz CT molecular complexity index is 813. The van der Waals surface area contributed by atoms with E-state index in [0.717, 1.165) is 10.5 Å². The quantitative estimate of drug-likeness (QED) is 0.490. The van der Waals surface area contributed by atoms with Gasteiger partial charge in [-0.1, -0.05) is 60.7 Å². The number of hydrogen-bond donors (Lipinski definition) is 2. The van der Waals surface area contributed by atoms with E-state index in [0.29, 0.717) is 5.56 Å². The van der Waals surface area contributed by atoms with Crippen molar-refractivity contribution in [1.82, 2.24) is 10.2 Å². The van der Waals surface area contributed by atoms with Gasteiger partial charge in [0.1, 0.15) is 0 Å². The number of nitrogens with one attached hydrogen (secondary N) is 1. The molecule has 3 rings (SSSR count). The number of carboxylic acids is 1. The normalized spacial score (nSPS) is 20.3. The zero-order valence-electron chi connectivity index (χ0n) is 13.7. The maximum absolute atomic E-state index is 13.0. The minimum atomic E-state index is -1.98. The molecule has 6 nitrogen and oxygen atoms in total. The molecule has 26 heavy (non-hydrogen) atoms. The summed E-state index contributed by atoms with van der Waals surface area (Å²) in [6.07, 6.45) is -0.105. The number of carboxylic acid groups (broad SMARTS) is 1. The molecule has 0 radical (unpaired) electrons. The molecule has 1 unspecified atom stereocenters. The average Bonchev–Trinajstić information content (AvgIpc) is 2.87. The molecule has 1 aliphatic rings. The van der Waals surface area contributed by atoms with Crippen LogP contribution in [0.1, 0.15) is 24.1 Å². The molecule has 1 fully saturated rings. The van der Waals surface area contributed by atoms with Crippen molar-refractivity contribution < 1.29 is 19.5 Å². The van der Waals surface area contributed by atoms with Gasteiger partial charge in [0, 0.05) is 6.42 Å². The minimum absolute atomic E-state index is 0. The van der Waals surface area contributed by atoms with Crippen molar-refractivity contribution in [3.05, 3.63) is 71.8 Å². The first-order valence-corrected chi connectivity index (χ1v) is 7.94. The number of amides is 3. The standard InChI is InChI=1S/C19H18N2O4.Li.H/c1-13(15-10-6-3-7-11-15)21-16(22)19(17(23)24,20-18(21)25)12-14-8-4-2-5-9-14;;/h2-11,13H,12H2,1H3,(H,20,25)(H,23,24);;/t13-,19?;;/m1../s1. The van der Waals surface area contributed by atoms with Crippen LogP contribution < -0.4 is 5.32 Å². The number of benzene rings is 2. The summed E-state index contributed by atoms with van der Waals surface area (Å²) in [4.78, 5) is 38.3. The monoisotopic (exact) mass is 346 g/mol. The Labute approximate surface area is 163 Å². The Kier molecular flexibility index (Phi) is 5.91. The second-order valence-corrected chi connectivity index (χ2v) is 6.06. The first-order chi connectivity index (χ1) is 12.0. The number of aliphatic carboxylic acids is 1. The number of rotatable bonds is 5. The molecule has 2 atom stereocenters. The number of carbonyl (C=O) groups excluding carboxylic acids is 2. The van der Waals surface area contributed by atoms with Crippen LogP contribution >= 0.6 is 0 Å². The van der Waals surface area contributed by atoms with E-state index in [1.54, 1.807) is 61.5 Å². The van der Waals surface area contributed by atoms with E-state index < -0.39 is 29.5 Å². The van der Waals surface area contributed by atoms with Gasteiger partial charge in [0.05, 0.1) is 6.04 Å². The van der Waals surface area contributed by atoms with Crippen LogP contribution in [0.2, 0.25) is 0 Å². The molecule has 7 heteroatoms. The van der Waals surface area contributed by atoms with Gasteiger partial charge >= 0.3 is 30.9 Å². The Morgan fingerprint density at radius 2 is 1.62 bits per heavy atom. The molecule has 0 saturated carbocycles. The Morgan fingerprint density at radius 3 is 2.15 bits per heavy atom. The Balaban J connectivity index is 0.00000243. The number of carbonyl (C=O) groups is 3. The van der Waals surface area contributed by atoms with Crippen LogP contribution in [0, 0.1) is 0 Å². The molecule has 1 heterocycles. The summed E-state index contributed by atoms with van der Waals surface area (Å²) in [5.41, 5.74) is -0.568. The summed E-state index contributed by atoms with van der Waals surface area (Å²) >= 11 is 0. The van der Waals surface area contributed by atoms with Crippen LogP contribution in [-0.2, 0) is 16.0 Å². The summed E-state index contributed by atoms with van der Waals surface area (Å²) in [5, 5.41) is 12.1. The molecule has 2 aromatic carbocycles. The van der Waals surface area contributed by atoms with Gasteiger partial charge in [-0.2, -0.15) is 0 Å². The topological polar surface area (TPSA) is 86.7 Å². The van der Waals surface area contributed by atoms with Crippen LogP contribution in [0.25, 0.3) is 0 Å². The van der Waals surface area contributed by atoms with E-state index in [9.17, 15) is 19.5 Å². The zero-order chi connectivity index (χ0) is 18.0. The SMILES string of the molecule is C[C@H](c1ccccc1)N1C(=O)NC(Cc2ccccc2)(C(=O)O)C1=O.[LiH]. The molecule has 130 valence electrons. The molecule has 2 N–H and O–H groups in total. The third kappa shape index (κ3) is 3.39. The summed E-state index contributed by atoms with van der Waals surface area (Å²) in [6, 6.07) is 16.6. The van der Waals surface area contributed by atoms with Gasteiger partial charge < -0.3 is 10.4 Å². The molecular weight excluding hydrogens is 327 g/mol. The maximum atomic E-state index is 13.0. The first-order valence-electron chi connectivity index (χ1n) is 7.94. The van der Waals surface area contributed by atoms with Gasteiger partial charge in [-0.15, -0.1) is 0 Å². The molecule has 0 bridgehead atoms. The van der Waals surface area contributed by atoms with Crippen LogP contribution in [0.3, 0.4) is 0 Å². The van der Waals surface area contributed by atoms with Gasteiger partial charge in [0.15, 0.2) is 0 Å². The van der Waals surface area contributed by atoms with Crippen molar-refractivity contribution in [2.24, 2.45) is 0 Å². The molecule has 1 aliphatic heterocycles. The molecule has 1 saturated heterocycles. The Hall–Kier alpha value is -2.55. The van der Waals surface area contributed by atoms with Gasteiger partial charge in [-0.3, -0.25) is 9.69 Å². The third-order valence-corrected chi connectivity index (χ3v) is 4.47. The van der Waals surface area contributed by atoms with Crippen molar-refractivity contribution >= 4 is 36.8 Å². The van der Waals surface area contributed by atoms with E-state index in [1.807, 2.05) is 6.07 Å². The fourth-order valence-electron chi connectivity index (χ4n) is 3.07. The Morgan fingerprint density at radius 1 is 1.08 bits per heavy atom. The number of urea groups is 1. The molecule has 0 aliphatic carbocycles. The fourth-order valence-corrected chi connectivity index (χ4v) is 3.07. The predicted molar refractivity (Wildman–Crippen MR) is 97.9 cm³/mol. The molecular formula is C19H19LiN2O4. The van der Waals surface area contributed by atoms with E-state index in [1.165, 1.54) is 0 Å². The van der Waals surface area contributed by atoms with E-state index >= 15 is 0 Å². The molecule has 2 aromatic rings. The zero-order valence-corrected chi connectivity index (χ0v) is 13.7. The third-order valence-electron chi connectivity index (χ3n) is 4.47. The van der Waals surface area contributed by atoms with Crippen molar-refractivity contribution in [2.45, 2.75) is 24.9 Å². The summed E-state index contributed by atoms with van der Waals surface area (Å²) < 4.78 is 0. The number of hydrogen-bond acceptors (Lipinski definition) is 3. The molecule has 3 amide bonds. The van der Waals surface area contributed by atoms with Crippen LogP contribution in [0.5, 0.6) is 0 Å². The van der Waals surface area contributed by atoms with Crippen molar-refractivity contribution in [3.63, 3.8) is 0 Å². The van der Waals surface area contributed by atoms with Gasteiger partial charge in [0.25, 0.3) is 5.91 Å². The van der Waals surface area contributed by atoms with Crippen molar-refractivity contribution in [2.75, 3.05) is 0 Å². The van der Waals surface area contributed by atoms with Crippen molar-refractivity contribution in [3.8, 4) is 0 Å². The second kappa shape index (κ2) is 7.77.